The molecule has 0 aliphatic rings. The Morgan fingerprint density at radius 2 is 1.71 bits per heavy atom. The first-order valence-electron chi connectivity index (χ1n) is 7.29. The monoisotopic (exact) mass is 285 g/mol. The van der Waals surface area contributed by atoms with Crippen molar-refractivity contribution < 1.29 is 9.47 Å². The predicted octanol–water partition coefficient (Wildman–Crippen LogP) is 3.56. The molecule has 2 aromatic carbocycles. The first-order valence-corrected chi connectivity index (χ1v) is 7.29. The van der Waals surface area contributed by atoms with Gasteiger partial charge in [0.2, 0.25) is 0 Å². The van der Waals surface area contributed by atoms with Crippen molar-refractivity contribution in [2.24, 2.45) is 0 Å². The summed E-state index contributed by atoms with van der Waals surface area (Å²) in [5.41, 5.74) is 3.60. The summed E-state index contributed by atoms with van der Waals surface area (Å²) >= 11 is 0. The van der Waals surface area contributed by atoms with Gasteiger partial charge in [0.15, 0.2) is 0 Å². The van der Waals surface area contributed by atoms with Crippen molar-refractivity contribution >= 4 is 0 Å². The molecule has 0 aliphatic heterocycles. The van der Waals surface area contributed by atoms with E-state index in [0.717, 1.165) is 30.0 Å². The van der Waals surface area contributed by atoms with E-state index in [1.54, 1.807) is 7.11 Å². The normalized spacial score (nSPS) is 10.4. The van der Waals surface area contributed by atoms with Crippen LogP contribution in [0.1, 0.15) is 23.6 Å². The molecule has 0 atom stereocenters. The van der Waals surface area contributed by atoms with Crippen LogP contribution in [-0.4, -0.2) is 14.2 Å². The van der Waals surface area contributed by atoms with Crippen LogP contribution < -0.4 is 14.8 Å². The van der Waals surface area contributed by atoms with Crippen molar-refractivity contribution in [3.63, 3.8) is 0 Å². The van der Waals surface area contributed by atoms with Gasteiger partial charge in [0.1, 0.15) is 18.1 Å². The van der Waals surface area contributed by atoms with Crippen molar-refractivity contribution in [1.82, 2.24) is 5.32 Å². The second-order valence-corrected chi connectivity index (χ2v) is 4.96. The third-order valence-electron chi connectivity index (χ3n) is 3.45. The Kier molecular flexibility index (Phi) is 5.64. The smallest absolute Gasteiger partial charge is 0.125 e. The minimum Gasteiger partial charge on any atom is -0.496 e. The lowest BCUT2D eigenvalue weighted by Crippen LogP contribution is -2.06. The summed E-state index contributed by atoms with van der Waals surface area (Å²) in [7, 11) is 3.63. The number of nitrogens with one attached hydrogen (secondary N) is 1. The van der Waals surface area contributed by atoms with E-state index in [4.69, 9.17) is 9.47 Å². The fourth-order valence-electron chi connectivity index (χ4n) is 2.24. The number of hydrogen-bond acceptors (Lipinski definition) is 3. The molecule has 0 unspecified atom stereocenters. The summed E-state index contributed by atoms with van der Waals surface area (Å²) in [4.78, 5) is 0. The van der Waals surface area contributed by atoms with Gasteiger partial charge in [-0.15, -0.1) is 0 Å². The zero-order chi connectivity index (χ0) is 15.1. The topological polar surface area (TPSA) is 30.5 Å². The van der Waals surface area contributed by atoms with Crippen LogP contribution >= 0.6 is 0 Å². The Labute approximate surface area is 126 Å². The second kappa shape index (κ2) is 7.70. The Balaban J connectivity index is 2.08. The first kappa shape index (κ1) is 15.4. The maximum atomic E-state index is 5.87. The minimum atomic E-state index is 0.506. The molecule has 112 valence electrons. The molecule has 0 bridgehead atoms. The first-order chi connectivity index (χ1) is 10.3. The lowest BCUT2D eigenvalue weighted by atomic mass is 10.1. The molecule has 3 nitrogen and oxygen atoms in total. The van der Waals surface area contributed by atoms with Crippen LogP contribution in [0, 0.1) is 0 Å². The molecule has 21 heavy (non-hydrogen) atoms. The van der Waals surface area contributed by atoms with Gasteiger partial charge in [0, 0.05) is 12.1 Å². The number of methoxy groups -OCH3 is 1. The number of hydrogen-bond donors (Lipinski definition) is 1. The molecular weight excluding hydrogens is 262 g/mol. The zero-order valence-corrected chi connectivity index (χ0v) is 13.0. The van der Waals surface area contributed by atoms with E-state index in [9.17, 15) is 0 Å². The van der Waals surface area contributed by atoms with Crippen molar-refractivity contribution in [1.29, 1.82) is 0 Å². The molecule has 2 rings (SSSR count). The number of benzene rings is 2. The highest BCUT2D eigenvalue weighted by Crippen LogP contribution is 2.22. The maximum Gasteiger partial charge on any atom is 0.125 e. The third kappa shape index (κ3) is 4.23. The highest BCUT2D eigenvalue weighted by Gasteiger charge is 2.05. The molecule has 0 saturated carbocycles. The zero-order valence-electron chi connectivity index (χ0n) is 13.0. The standard InChI is InChI=1S/C18H23NO2/c1-4-14-5-8-17(9-6-14)21-13-16-11-15(12-19-2)7-10-18(16)20-3/h5-11,19H,4,12-13H2,1-3H3. The fraction of sp³-hybridized carbons (Fsp3) is 0.333. The Morgan fingerprint density at radius 3 is 2.33 bits per heavy atom. The summed E-state index contributed by atoms with van der Waals surface area (Å²) in [6.07, 6.45) is 1.04. The molecule has 0 heterocycles. The van der Waals surface area contributed by atoms with Crippen LogP contribution in [-0.2, 0) is 19.6 Å². The van der Waals surface area contributed by atoms with Gasteiger partial charge in [0.05, 0.1) is 7.11 Å². The van der Waals surface area contributed by atoms with E-state index >= 15 is 0 Å². The van der Waals surface area contributed by atoms with Crippen LogP contribution in [0.5, 0.6) is 11.5 Å². The number of ether oxygens (including phenoxy) is 2. The van der Waals surface area contributed by atoms with E-state index in [1.165, 1.54) is 11.1 Å². The third-order valence-corrected chi connectivity index (χ3v) is 3.45. The van der Waals surface area contributed by atoms with E-state index in [-0.39, 0.29) is 0 Å². The Morgan fingerprint density at radius 1 is 1.00 bits per heavy atom. The Hall–Kier alpha value is -2.00. The van der Waals surface area contributed by atoms with Gasteiger partial charge in [-0.2, -0.15) is 0 Å². The van der Waals surface area contributed by atoms with Crippen LogP contribution in [0.25, 0.3) is 0 Å². The summed E-state index contributed by atoms with van der Waals surface area (Å²) in [6, 6.07) is 14.4. The van der Waals surface area contributed by atoms with Crippen molar-refractivity contribution in [3.05, 3.63) is 59.2 Å². The highest BCUT2D eigenvalue weighted by atomic mass is 16.5. The molecule has 2 aromatic rings. The molecule has 0 spiro atoms. The van der Waals surface area contributed by atoms with Crippen molar-refractivity contribution in [2.45, 2.75) is 26.5 Å². The van der Waals surface area contributed by atoms with Gasteiger partial charge in [-0.05, 0) is 48.9 Å². The average molecular weight is 285 g/mol. The number of rotatable bonds is 7. The van der Waals surface area contributed by atoms with Crippen LogP contribution in [0.3, 0.4) is 0 Å². The van der Waals surface area contributed by atoms with Gasteiger partial charge >= 0.3 is 0 Å². The van der Waals surface area contributed by atoms with Crippen LogP contribution in [0.2, 0.25) is 0 Å². The van der Waals surface area contributed by atoms with Crippen molar-refractivity contribution in [3.8, 4) is 11.5 Å². The molecule has 0 saturated heterocycles. The second-order valence-electron chi connectivity index (χ2n) is 4.96. The SMILES string of the molecule is CCc1ccc(OCc2cc(CNC)ccc2OC)cc1. The van der Waals surface area contributed by atoms with E-state index in [2.05, 4.69) is 36.5 Å². The molecule has 0 aromatic heterocycles. The van der Waals surface area contributed by atoms with Gasteiger partial charge < -0.3 is 14.8 Å². The molecule has 1 N–H and O–H groups in total. The lowest BCUT2D eigenvalue weighted by Gasteiger charge is -2.12. The van der Waals surface area contributed by atoms with E-state index in [0.29, 0.717) is 6.61 Å². The molecule has 0 fully saturated rings. The van der Waals surface area contributed by atoms with E-state index in [1.807, 2.05) is 25.2 Å². The number of aryl methyl sites for hydroxylation is 1. The van der Waals surface area contributed by atoms with Gasteiger partial charge in [-0.25, -0.2) is 0 Å². The molecule has 0 radical (unpaired) electrons. The van der Waals surface area contributed by atoms with Gasteiger partial charge in [-0.3, -0.25) is 0 Å². The summed E-state index contributed by atoms with van der Waals surface area (Å²) in [5.74, 6) is 1.74. The Bertz CT molecular complexity index is 564. The van der Waals surface area contributed by atoms with Crippen molar-refractivity contribution in [2.75, 3.05) is 14.2 Å². The van der Waals surface area contributed by atoms with Crippen LogP contribution in [0.15, 0.2) is 42.5 Å². The minimum absolute atomic E-state index is 0.506. The summed E-state index contributed by atoms with van der Waals surface area (Å²) in [5, 5.41) is 3.15. The molecule has 0 aliphatic carbocycles. The largest absolute Gasteiger partial charge is 0.496 e. The maximum absolute atomic E-state index is 5.87. The van der Waals surface area contributed by atoms with Gasteiger partial charge in [0.25, 0.3) is 0 Å². The predicted molar refractivity (Wildman–Crippen MR) is 85.9 cm³/mol. The molecular formula is C18H23NO2. The van der Waals surface area contributed by atoms with E-state index < -0.39 is 0 Å². The summed E-state index contributed by atoms with van der Waals surface area (Å²) < 4.78 is 11.3. The lowest BCUT2D eigenvalue weighted by molar-refractivity contribution is 0.296. The average Bonchev–Trinajstić information content (AvgIpc) is 2.54. The fourth-order valence-corrected chi connectivity index (χ4v) is 2.24. The van der Waals surface area contributed by atoms with Crippen LogP contribution in [0.4, 0.5) is 0 Å². The highest BCUT2D eigenvalue weighted by molar-refractivity contribution is 5.37. The molecule has 3 heteroatoms. The quantitative estimate of drug-likeness (QED) is 0.844. The molecule has 0 amide bonds. The summed E-state index contributed by atoms with van der Waals surface area (Å²) in [6.45, 7) is 3.49. The van der Waals surface area contributed by atoms with Gasteiger partial charge in [-0.1, -0.05) is 25.1 Å².